The molecule has 3 atom stereocenters. The average Bonchev–Trinajstić information content (AvgIpc) is 3.25. The zero-order valence-electron chi connectivity index (χ0n) is 19.2. The molecule has 0 radical (unpaired) electrons. The van der Waals surface area contributed by atoms with Gasteiger partial charge in [0.2, 0.25) is 0 Å². The first-order valence-corrected chi connectivity index (χ1v) is 12.1. The summed E-state index contributed by atoms with van der Waals surface area (Å²) in [6.45, 7) is 11.0. The molecule has 3 unspecified atom stereocenters. The minimum atomic E-state index is -0.857. The van der Waals surface area contributed by atoms with Crippen molar-refractivity contribution in [1.82, 2.24) is 20.4 Å². The fraction of sp³-hybridized carbons (Fsp3) is 0.773. The van der Waals surface area contributed by atoms with Gasteiger partial charge in [0, 0.05) is 43.6 Å². The predicted molar refractivity (Wildman–Crippen MR) is 140 cm³/mol. The molecule has 3 heterocycles. The maximum atomic E-state index is 10.9. The molecule has 2 aliphatic heterocycles. The third-order valence-electron chi connectivity index (χ3n) is 5.96. The van der Waals surface area contributed by atoms with Crippen LogP contribution >= 0.6 is 35.3 Å². The molecule has 1 aromatic rings. The Bertz CT molecular complexity index is 652. The Kier molecular flexibility index (Phi) is 11.5. The van der Waals surface area contributed by atoms with Gasteiger partial charge >= 0.3 is 0 Å². The van der Waals surface area contributed by atoms with E-state index in [2.05, 4.69) is 51.9 Å². The average molecular weight is 566 g/mol. The van der Waals surface area contributed by atoms with Crippen molar-refractivity contribution in [1.29, 1.82) is 0 Å². The van der Waals surface area contributed by atoms with Crippen LogP contribution in [0.5, 0.6) is 0 Å². The Morgan fingerprint density at radius 3 is 2.77 bits per heavy atom. The van der Waals surface area contributed by atoms with Gasteiger partial charge in [0.1, 0.15) is 0 Å². The summed E-state index contributed by atoms with van der Waals surface area (Å²) in [5, 5.41) is 19.9. The molecule has 2 aliphatic rings. The second kappa shape index (κ2) is 13.3. The highest BCUT2D eigenvalue weighted by Gasteiger charge is 2.31. The van der Waals surface area contributed by atoms with Gasteiger partial charge in [-0.3, -0.25) is 14.8 Å². The van der Waals surface area contributed by atoms with Gasteiger partial charge in [-0.1, -0.05) is 6.07 Å². The van der Waals surface area contributed by atoms with E-state index < -0.39 is 5.60 Å². The van der Waals surface area contributed by atoms with Crippen LogP contribution in [0.25, 0.3) is 0 Å². The predicted octanol–water partition coefficient (Wildman–Crippen LogP) is 2.39. The van der Waals surface area contributed by atoms with E-state index in [1.54, 1.807) is 0 Å². The number of morpholine rings is 1. The summed E-state index contributed by atoms with van der Waals surface area (Å²) in [5.41, 5.74) is -0.857. The number of β-amino-alcohol motifs (C(OH)–C–C–N with tert-alkyl or cyclic N) is 1. The molecule has 0 aliphatic carbocycles. The van der Waals surface area contributed by atoms with Crippen LogP contribution in [0.3, 0.4) is 0 Å². The molecule has 0 saturated carbocycles. The second-order valence-corrected chi connectivity index (χ2v) is 9.78. The lowest BCUT2D eigenvalue weighted by atomic mass is 9.88. The molecule has 2 saturated heterocycles. The van der Waals surface area contributed by atoms with Crippen molar-refractivity contribution in [2.24, 2.45) is 10.9 Å². The van der Waals surface area contributed by atoms with E-state index in [-0.39, 0.29) is 24.0 Å². The molecule has 7 nitrogen and oxygen atoms in total. The minimum absolute atomic E-state index is 0. The Morgan fingerprint density at radius 1 is 1.32 bits per heavy atom. The Labute approximate surface area is 208 Å². The van der Waals surface area contributed by atoms with Gasteiger partial charge in [-0.05, 0) is 57.6 Å². The number of halogens is 1. The van der Waals surface area contributed by atoms with Gasteiger partial charge in [-0.15, -0.1) is 35.3 Å². The van der Waals surface area contributed by atoms with E-state index in [9.17, 15) is 5.11 Å². The van der Waals surface area contributed by atoms with Crippen molar-refractivity contribution in [3.05, 3.63) is 22.4 Å². The van der Waals surface area contributed by atoms with Crippen LogP contribution < -0.4 is 10.6 Å². The largest absolute Gasteiger partial charge is 0.387 e. The van der Waals surface area contributed by atoms with Crippen molar-refractivity contribution in [3.8, 4) is 0 Å². The maximum absolute atomic E-state index is 10.9. The highest BCUT2D eigenvalue weighted by molar-refractivity contribution is 14.0. The van der Waals surface area contributed by atoms with Crippen LogP contribution in [0.4, 0.5) is 0 Å². The number of aliphatic hydroxyl groups is 1. The molecule has 3 rings (SSSR count). The first-order chi connectivity index (χ1) is 14.5. The number of aliphatic imine (C=N–C) groups is 1. The standard InChI is InChI=1S/C22H39N5O2S.HI/c1-4-23-21(25-16-22(2,28)17-27-10-12-29-13-11-27)24-15-18-7-5-9-26(3)20(18)19-8-6-14-30-19;/h6,8,14,18,20,28H,4-5,7,9-13,15-17H2,1-3H3,(H2,23,24,25);1H. The Balaban J connectivity index is 0.00000341. The van der Waals surface area contributed by atoms with Gasteiger partial charge in [-0.25, -0.2) is 0 Å². The van der Waals surface area contributed by atoms with Crippen LogP contribution in [0.2, 0.25) is 0 Å². The molecule has 1 aromatic heterocycles. The van der Waals surface area contributed by atoms with Crippen LogP contribution in [-0.4, -0.2) is 92.5 Å². The fourth-order valence-corrected chi connectivity index (χ4v) is 5.48. The number of nitrogens with zero attached hydrogens (tertiary/aromatic N) is 3. The smallest absolute Gasteiger partial charge is 0.191 e. The number of thiophene rings is 1. The zero-order chi connectivity index (χ0) is 21.4. The van der Waals surface area contributed by atoms with Crippen LogP contribution in [0.15, 0.2) is 22.5 Å². The van der Waals surface area contributed by atoms with Crippen LogP contribution in [0, 0.1) is 5.92 Å². The van der Waals surface area contributed by atoms with Crippen molar-refractivity contribution in [2.75, 3.05) is 66.1 Å². The van der Waals surface area contributed by atoms with Gasteiger partial charge in [-0.2, -0.15) is 0 Å². The quantitative estimate of drug-likeness (QED) is 0.256. The van der Waals surface area contributed by atoms with Gasteiger partial charge in [0.25, 0.3) is 0 Å². The summed E-state index contributed by atoms with van der Waals surface area (Å²) in [6.07, 6.45) is 2.45. The highest BCUT2D eigenvalue weighted by atomic mass is 127. The molecule has 3 N–H and O–H groups in total. The Morgan fingerprint density at radius 2 is 2.10 bits per heavy atom. The molecule has 178 valence electrons. The SMILES string of the molecule is CCNC(=NCC(C)(O)CN1CCOCC1)NCC1CCCN(C)C1c1cccs1.I. The summed E-state index contributed by atoms with van der Waals surface area (Å²) < 4.78 is 5.40. The van der Waals surface area contributed by atoms with Crippen molar-refractivity contribution in [2.45, 2.75) is 38.3 Å². The highest BCUT2D eigenvalue weighted by Crippen LogP contribution is 2.36. The van der Waals surface area contributed by atoms with Gasteiger partial charge < -0.3 is 20.5 Å². The molecular formula is C22H40IN5O2S. The first-order valence-electron chi connectivity index (χ1n) is 11.3. The third kappa shape index (κ3) is 8.43. The van der Waals surface area contributed by atoms with Crippen LogP contribution in [0.1, 0.15) is 37.6 Å². The number of guanidine groups is 1. The molecule has 2 fully saturated rings. The minimum Gasteiger partial charge on any atom is -0.387 e. The summed E-state index contributed by atoms with van der Waals surface area (Å²) in [7, 11) is 2.23. The molecule has 0 aromatic carbocycles. The summed E-state index contributed by atoms with van der Waals surface area (Å²) in [6, 6.07) is 4.86. The topological polar surface area (TPSA) is 72.4 Å². The lowest BCUT2D eigenvalue weighted by Crippen LogP contribution is -2.48. The summed E-state index contributed by atoms with van der Waals surface area (Å²) >= 11 is 1.85. The number of nitrogens with one attached hydrogen (secondary N) is 2. The van der Waals surface area contributed by atoms with Crippen molar-refractivity contribution < 1.29 is 9.84 Å². The van der Waals surface area contributed by atoms with Crippen molar-refractivity contribution >= 4 is 41.3 Å². The Hall–Kier alpha value is -0.460. The fourth-order valence-electron chi connectivity index (χ4n) is 4.49. The maximum Gasteiger partial charge on any atom is 0.191 e. The molecule has 0 amide bonds. The van der Waals surface area contributed by atoms with E-state index in [0.717, 1.165) is 51.9 Å². The third-order valence-corrected chi connectivity index (χ3v) is 6.91. The number of piperidine rings is 1. The number of hydrogen-bond donors (Lipinski definition) is 3. The van der Waals surface area contributed by atoms with E-state index >= 15 is 0 Å². The van der Waals surface area contributed by atoms with E-state index in [1.807, 2.05) is 18.3 Å². The second-order valence-electron chi connectivity index (χ2n) is 8.80. The van der Waals surface area contributed by atoms with Gasteiger partial charge in [0.15, 0.2) is 5.96 Å². The summed E-state index contributed by atoms with van der Waals surface area (Å²) in [5.74, 6) is 1.33. The first kappa shape index (κ1) is 26.8. The zero-order valence-corrected chi connectivity index (χ0v) is 22.3. The number of likely N-dealkylation sites (tertiary alicyclic amines) is 1. The monoisotopic (exact) mass is 565 g/mol. The lowest BCUT2D eigenvalue weighted by molar-refractivity contribution is -0.0180. The van der Waals surface area contributed by atoms with Crippen LogP contribution in [-0.2, 0) is 4.74 Å². The number of hydrogen-bond acceptors (Lipinski definition) is 6. The van der Waals surface area contributed by atoms with E-state index in [4.69, 9.17) is 9.73 Å². The summed E-state index contributed by atoms with van der Waals surface area (Å²) in [4.78, 5) is 10.9. The number of ether oxygens (including phenoxy) is 1. The normalized spacial score (nSPS) is 25.5. The van der Waals surface area contributed by atoms with Gasteiger partial charge in [0.05, 0.1) is 25.4 Å². The molecule has 9 heteroatoms. The van der Waals surface area contributed by atoms with E-state index in [0.29, 0.717) is 25.0 Å². The molecular weight excluding hydrogens is 525 g/mol. The number of rotatable bonds is 8. The molecule has 0 spiro atoms. The molecule has 0 bridgehead atoms. The molecule has 31 heavy (non-hydrogen) atoms. The van der Waals surface area contributed by atoms with Crippen molar-refractivity contribution in [3.63, 3.8) is 0 Å². The van der Waals surface area contributed by atoms with E-state index in [1.165, 1.54) is 17.7 Å². The lowest BCUT2D eigenvalue weighted by Gasteiger charge is -2.39.